The normalized spacial score (nSPS) is 14.5. The van der Waals surface area contributed by atoms with Gasteiger partial charge in [-0.25, -0.2) is 0 Å². The first kappa shape index (κ1) is 19.6. The molecule has 9 heteroatoms. The molecule has 8 nitrogen and oxygen atoms in total. The third kappa shape index (κ3) is 3.49. The van der Waals surface area contributed by atoms with Gasteiger partial charge in [-0.1, -0.05) is 24.4 Å². The number of pyridine rings is 1. The van der Waals surface area contributed by atoms with Crippen LogP contribution in [0.15, 0.2) is 28.0 Å². The summed E-state index contributed by atoms with van der Waals surface area (Å²) in [4.78, 5) is 27.1. The van der Waals surface area contributed by atoms with Gasteiger partial charge in [0, 0.05) is 24.4 Å². The fourth-order valence-corrected chi connectivity index (χ4v) is 3.67. The van der Waals surface area contributed by atoms with Crippen LogP contribution in [0, 0.1) is 28.4 Å². The van der Waals surface area contributed by atoms with Gasteiger partial charge in [-0.15, -0.1) is 0 Å². The number of nitrogens with zero attached hydrogens (tertiary/aromatic N) is 4. The van der Waals surface area contributed by atoms with Crippen LogP contribution in [0.4, 0.5) is 11.4 Å². The van der Waals surface area contributed by atoms with Crippen molar-refractivity contribution in [3.8, 4) is 11.9 Å². The van der Waals surface area contributed by atoms with Crippen molar-refractivity contribution in [2.75, 3.05) is 0 Å². The highest BCUT2D eigenvalue weighted by molar-refractivity contribution is 6.33. The molecule has 0 spiro atoms. The van der Waals surface area contributed by atoms with Crippen molar-refractivity contribution in [1.29, 1.82) is 5.26 Å². The van der Waals surface area contributed by atoms with Gasteiger partial charge in [0.25, 0.3) is 11.2 Å². The summed E-state index contributed by atoms with van der Waals surface area (Å²) in [5.41, 5.74) is 0.127. The van der Waals surface area contributed by atoms with Crippen LogP contribution < -0.4 is 5.56 Å². The topological polar surface area (TPSA) is 122 Å². The van der Waals surface area contributed by atoms with Crippen LogP contribution in [0.2, 0.25) is 5.02 Å². The smallest absolute Gasteiger partial charge is 0.271 e. The van der Waals surface area contributed by atoms with E-state index in [0.29, 0.717) is 5.56 Å². The molecule has 0 amide bonds. The number of hydrogen-bond acceptors (Lipinski definition) is 6. The van der Waals surface area contributed by atoms with Gasteiger partial charge >= 0.3 is 0 Å². The van der Waals surface area contributed by atoms with Crippen molar-refractivity contribution in [3.63, 3.8) is 0 Å². The van der Waals surface area contributed by atoms with E-state index in [9.17, 15) is 25.3 Å². The highest BCUT2D eigenvalue weighted by Gasteiger charge is 2.25. The van der Waals surface area contributed by atoms with E-state index < -0.39 is 10.5 Å². The van der Waals surface area contributed by atoms with Crippen molar-refractivity contribution in [2.24, 2.45) is 4.99 Å². The molecule has 1 aromatic carbocycles. The number of halogens is 1. The maximum absolute atomic E-state index is 12.7. The Bertz CT molecular complexity index is 1080. The Morgan fingerprint density at radius 1 is 1.43 bits per heavy atom. The molecule has 1 aliphatic carbocycles. The molecule has 3 rings (SSSR count). The Kier molecular flexibility index (Phi) is 5.47. The lowest BCUT2D eigenvalue weighted by atomic mass is 10.0. The van der Waals surface area contributed by atoms with Gasteiger partial charge in [-0.2, -0.15) is 5.26 Å². The van der Waals surface area contributed by atoms with Crippen molar-refractivity contribution in [3.05, 3.63) is 60.4 Å². The summed E-state index contributed by atoms with van der Waals surface area (Å²) in [7, 11) is 0. The molecule has 1 saturated carbocycles. The number of nitriles is 1. The highest BCUT2D eigenvalue weighted by Crippen LogP contribution is 2.34. The van der Waals surface area contributed by atoms with Gasteiger partial charge in [-0.3, -0.25) is 24.5 Å². The summed E-state index contributed by atoms with van der Waals surface area (Å²) in [5, 5.41) is 31.0. The molecule has 2 aromatic rings. The van der Waals surface area contributed by atoms with Crippen LogP contribution >= 0.6 is 11.6 Å². The lowest BCUT2D eigenvalue weighted by Crippen LogP contribution is -2.28. The fraction of sp³-hybridized carbons (Fsp3) is 0.316. The van der Waals surface area contributed by atoms with E-state index in [0.717, 1.165) is 25.7 Å². The number of rotatable bonds is 4. The van der Waals surface area contributed by atoms with Gasteiger partial charge in [0.2, 0.25) is 5.88 Å². The Morgan fingerprint density at radius 2 is 2.11 bits per heavy atom. The zero-order valence-corrected chi connectivity index (χ0v) is 15.8. The van der Waals surface area contributed by atoms with E-state index >= 15 is 0 Å². The van der Waals surface area contributed by atoms with Crippen LogP contribution in [-0.2, 0) is 0 Å². The van der Waals surface area contributed by atoms with E-state index in [1.165, 1.54) is 29.0 Å². The molecule has 0 saturated heterocycles. The first-order chi connectivity index (χ1) is 13.3. The first-order valence-electron chi connectivity index (χ1n) is 8.71. The maximum Gasteiger partial charge on any atom is 0.271 e. The second-order valence-corrected chi connectivity index (χ2v) is 7.02. The number of nitro groups is 1. The highest BCUT2D eigenvalue weighted by atomic mass is 35.5. The molecule has 1 fully saturated rings. The van der Waals surface area contributed by atoms with Gasteiger partial charge in [0.15, 0.2) is 0 Å². The molecule has 0 aliphatic heterocycles. The molecule has 0 unspecified atom stereocenters. The van der Waals surface area contributed by atoms with Gasteiger partial charge in [0.1, 0.15) is 11.6 Å². The first-order valence-corrected chi connectivity index (χ1v) is 9.09. The molecule has 1 heterocycles. The van der Waals surface area contributed by atoms with Crippen LogP contribution in [0.5, 0.6) is 5.88 Å². The van der Waals surface area contributed by atoms with Crippen LogP contribution in [-0.4, -0.2) is 20.8 Å². The average Bonchev–Trinajstić information content (AvgIpc) is 3.17. The predicted molar refractivity (Wildman–Crippen MR) is 105 cm³/mol. The minimum Gasteiger partial charge on any atom is -0.494 e. The Hall–Kier alpha value is -3.18. The van der Waals surface area contributed by atoms with Crippen LogP contribution in [0.25, 0.3) is 0 Å². The summed E-state index contributed by atoms with van der Waals surface area (Å²) in [6, 6.07) is 5.60. The van der Waals surface area contributed by atoms with Crippen molar-refractivity contribution >= 4 is 29.2 Å². The third-order valence-electron chi connectivity index (χ3n) is 4.96. The number of nitro benzene ring substituents is 1. The molecular weight excluding hydrogens is 384 g/mol. The monoisotopic (exact) mass is 400 g/mol. The minimum absolute atomic E-state index is 0.0408. The Labute approximate surface area is 165 Å². The lowest BCUT2D eigenvalue weighted by Gasteiger charge is -2.19. The molecule has 1 aliphatic rings. The Balaban J connectivity index is 2.10. The Morgan fingerprint density at radius 3 is 2.68 bits per heavy atom. The van der Waals surface area contributed by atoms with E-state index in [2.05, 4.69) is 4.99 Å². The molecule has 0 radical (unpaired) electrons. The number of aromatic nitrogens is 1. The van der Waals surface area contributed by atoms with Crippen molar-refractivity contribution < 1.29 is 10.0 Å². The third-order valence-corrected chi connectivity index (χ3v) is 5.26. The van der Waals surface area contributed by atoms with Crippen molar-refractivity contribution in [1.82, 2.24) is 4.57 Å². The predicted octanol–water partition coefficient (Wildman–Crippen LogP) is 4.16. The molecule has 0 bridgehead atoms. The molecule has 0 atom stereocenters. The molecule has 144 valence electrons. The van der Waals surface area contributed by atoms with Crippen LogP contribution in [0.1, 0.15) is 48.4 Å². The summed E-state index contributed by atoms with van der Waals surface area (Å²) in [6.45, 7) is 1.57. The number of non-ortho nitro benzene ring substituents is 1. The van der Waals surface area contributed by atoms with Gasteiger partial charge < -0.3 is 5.11 Å². The van der Waals surface area contributed by atoms with Gasteiger partial charge in [0.05, 0.1) is 21.2 Å². The van der Waals surface area contributed by atoms with Gasteiger partial charge in [-0.05, 0) is 31.4 Å². The quantitative estimate of drug-likeness (QED) is 0.469. The van der Waals surface area contributed by atoms with E-state index in [1.54, 1.807) is 6.92 Å². The zero-order chi connectivity index (χ0) is 20.4. The second-order valence-electron chi connectivity index (χ2n) is 6.61. The summed E-state index contributed by atoms with van der Waals surface area (Å²) in [5.74, 6) is -0.241. The maximum atomic E-state index is 12.7. The average molecular weight is 401 g/mol. The molecule has 1 aromatic heterocycles. The SMILES string of the molecule is Cc1c(C=Nc2ccc([N+](=O)[O-])cc2Cl)c(O)n(C2CCCC2)c(=O)c1C#N. The van der Waals surface area contributed by atoms with E-state index in [-0.39, 0.29) is 39.4 Å². The van der Waals surface area contributed by atoms with E-state index in [4.69, 9.17) is 11.6 Å². The van der Waals surface area contributed by atoms with Crippen molar-refractivity contribution in [2.45, 2.75) is 38.6 Å². The second kappa shape index (κ2) is 7.82. The molecular formula is C19H17ClN4O4. The summed E-state index contributed by atoms with van der Waals surface area (Å²) < 4.78 is 1.28. The summed E-state index contributed by atoms with van der Waals surface area (Å²) >= 11 is 6.05. The van der Waals surface area contributed by atoms with E-state index in [1.807, 2.05) is 6.07 Å². The number of aliphatic imine (C=N–C) groups is 1. The number of aromatic hydroxyl groups is 1. The fourth-order valence-electron chi connectivity index (χ4n) is 3.44. The largest absolute Gasteiger partial charge is 0.494 e. The number of benzene rings is 1. The lowest BCUT2D eigenvalue weighted by molar-refractivity contribution is -0.384. The minimum atomic E-state index is -0.563. The molecule has 1 N–H and O–H groups in total. The van der Waals surface area contributed by atoms with Crippen LogP contribution in [0.3, 0.4) is 0 Å². The zero-order valence-electron chi connectivity index (χ0n) is 15.1. The number of hydrogen-bond donors (Lipinski definition) is 1. The standard InChI is InChI=1S/C19H17ClN4O4/c1-11-14(9-21)18(25)23(12-4-2-3-5-12)19(26)15(11)10-22-17-7-6-13(24(27)28)8-16(17)20/h6-8,10,12,26H,2-5H2,1H3. The summed E-state index contributed by atoms with van der Waals surface area (Å²) in [6.07, 6.45) is 4.74. The molecule has 28 heavy (non-hydrogen) atoms.